The molecule has 0 aromatic rings. The molecule has 98 valence electrons. The third-order valence-corrected chi connectivity index (χ3v) is 5.61. The van der Waals surface area contributed by atoms with Gasteiger partial charge in [0, 0.05) is 19.8 Å². The van der Waals surface area contributed by atoms with Gasteiger partial charge >= 0.3 is 8.56 Å². The van der Waals surface area contributed by atoms with Crippen molar-refractivity contribution in [2.75, 3.05) is 40.0 Å². The van der Waals surface area contributed by atoms with E-state index >= 15 is 0 Å². The molecule has 0 aromatic heterocycles. The van der Waals surface area contributed by atoms with Crippen LogP contribution in [0.25, 0.3) is 0 Å². The predicted molar refractivity (Wildman–Crippen MR) is 68.9 cm³/mol. The van der Waals surface area contributed by atoms with E-state index in [0.717, 1.165) is 38.8 Å². The summed E-state index contributed by atoms with van der Waals surface area (Å²) in [6.45, 7) is 9.58. The third kappa shape index (κ3) is 7.35. The summed E-state index contributed by atoms with van der Waals surface area (Å²) in [7, 11) is 0.0959. The number of aliphatic hydroxyl groups is 1. The maximum Gasteiger partial charge on any atom is 0.334 e. The van der Waals surface area contributed by atoms with Gasteiger partial charge in [0.15, 0.2) is 0 Å². The molecule has 0 bridgehead atoms. The lowest BCUT2D eigenvalue weighted by Gasteiger charge is -2.26. The fourth-order valence-electron chi connectivity index (χ4n) is 1.75. The van der Waals surface area contributed by atoms with E-state index < -0.39 is 8.56 Å². The van der Waals surface area contributed by atoms with Gasteiger partial charge < -0.3 is 18.9 Å². The lowest BCUT2D eigenvalue weighted by molar-refractivity contribution is 0.184. The molecule has 0 aromatic carbocycles. The lowest BCUT2D eigenvalue weighted by Crippen LogP contribution is -2.39. The Hall–Kier alpha value is 0.0569. The van der Waals surface area contributed by atoms with Crippen LogP contribution in [0.2, 0.25) is 12.6 Å². The Morgan fingerprint density at radius 1 is 1.12 bits per heavy atom. The summed E-state index contributed by atoms with van der Waals surface area (Å²) in [5, 5.41) is 8.78. The van der Waals surface area contributed by atoms with Crippen LogP contribution in [-0.2, 0) is 8.85 Å². The maximum atomic E-state index is 8.78. The van der Waals surface area contributed by atoms with E-state index in [2.05, 4.69) is 11.4 Å². The van der Waals surface area contributed by atoms with E-state index in [-0.39, 0.29) is 6.61 Å². The van der Waals surface area contributed by atoms with Crippen LogP contribution >= 0.6 is 0 Å². The minimum atomic E-state index is -1.93. The van der Waals surface area contributed by atoms with Crippen molar-refractivity contribution in [3.63, 3.8) is 0 Å². The van der Waals surface area contributed by atoms with Crippen molar-refractivity contribution in [2.24, 2.45) is 0 Å². The molecule has 0 saturated heterocycles. The molecule has 16 heavy (non-hydrogen) atoms. The molecule has 0 atom stereocenters. The summed E-state index contributed by atoms with van der Waals surface area (Å²) >= 11 is 0. The van der Waals surface area contributed by atoms with Crippen molar-refractivity contribution >= 4 is 8.56 Å². The van der Waals surface area contributed by atoms with Crippen LogP contribution in [0, 0.1) is 0 Å². The van der Waals surface area contributed by atoms with Crippen molar-refractivity contribution in [1.82, 2.24) is 4.90 Å². The second-order valence-corrected chi connectivity index (χ2v) is 7.48. The Bertz CT molecular complexity index is 163. The topological polar surface area (TPSA) is 41.9 Å². The third-order valence-electron chi connectivity index (χ3n) is 2.55. The van der Waals surface area contributed by atoms with Crippen LogP contribution in [0.3, 0.4) is 0 Å². The number of likely N-dealkylation sites (N-methyl/N-ethyl adjacent to an activating group) is 1. The number of hydrogen-bond donors (Lipinski definition) is 1. The summed E-state index contributed by atoms with van der Waals surface area (Å²) < 4.78 is 11.5. The minimum absolute atomic E-state index is 0.224. The van der Waals surface area contributed by atoms with Crippen molar-refractivity contribution in [1.29, 1.82) is 0 Å². The monoisotopic (exact) mass is 249 g/mol. The van der Waals surface area contributed by atoms with Gasteiger partial charge in [0.1, 0.15) is 0 Å². The minimum Gasteiger partial charge on any atom is -0.395 e. The highest BCUT2D eigenvalue weighted by molar-refractivity contribution is 6.66. The average molecular weight is 249 g/mol. The quantitative estimate of drug-likeness (QED) is 0.595. The van der Waals surface area contributed by atoms with Crippen LogP contribution in [0.1, 0.15) is 20.3 Å². The zero-order valence-electron chi connectivity index (χ0n) is 11.2. The van der Waals surface area contributed by atoms with Crippen LogP contribution in [0.5, 0.6) is 0 Å². The standard InChI is InChI=1S/C11H27NO3Si/c1-5-14-16(4,15-6-2)11-7-8-12(3)9-10-13/h13H,5-11H2,1-4H3. The van der Waals surface area contributed by atoms with E-state index in [1.54, 1.807) is 0 Å². The zero-order chi connectivity index (χ0) is 12.4. The van der Waals surface area contributed by atoms with Gasteiger partial charge in [0.2, 0.25) is 0 Å². The molecule has 0 unspecified atom stereocenters. The molecular weight excluding hydrogens is 222 g/mol. The van der Waals surface area contributed by atoms with Crippen molar-refractivity contribution < 1.29 is 14.0 Å². The molecule has 0 aliphatic heterocycles. The van der Waals surface area contributed by atoms with Gasteiger partial charge in [0.05, 0.1) is 6.61 Å². The highest BCUT2D eigenvalue weighted by Gasteiger charge is 2.29. The van der Waals surface area contributed by atoms with E-state index in [1.165, 1.54) is 0 Å². The lowest BCUT2D eigenvalue weighted by atomic mass is 10.4. The van der Waals surface area contributed by atoms with Crippen LogP contribution in [0.4, 0.5) is 0 Å². The van der Waals surface area contributed by atoms with Gasteiger partial charge in [-0.2, -0.15) is 0 Å². The first-order chi connectivity index (χ1) is 7.58. The molecule has 0 aliphatic carbocycles. The van der Waals surface area contributed by atoms with Crippen LogP contribution < -0.4 is 0 Å². The van der Waals surface area contributed by atoms with Gasteiger partial charge in [-0.25, -0.2) is 0 Å². The normalized spacial score (nSPS) is 12.4. The molecule has 0 heterocycles. The van der Waals surface area contributed by atoms with Gasteiger partial charge in [0.25, 0.3) is 0 Å². The van der Waals surface area contributed by atoms with Gasteiger partial charge in [-0.1, -0.05) is 0 Å². The van der Waals surface area contributed by atoms with Crippen molar-refractivity contribution in [2.45, 2.75) is 32.9 Å². The SMILES string of the molecule is CCO[Si](C)(CCCN(C)CCO)OCC. The second kappa shape index (κ2) is 9.12. The molecule has 0 amide bonds. The summed E-state index contributed by atoms with van der Waals surface area (Å²) in [4.78, 5) is 2.13. The van der Waals surface area contributed by atoms with Crippen LogP contribution in [-0.4, -0.2) is 58.5 Å². The van der Waals surface area contributed by atoms with E-state index in [4.69, 9.17) is 14.0 Å². The Kier molecular flexibility index (Phi) is 9.16. The second-order valence-electron chi connectivity index (χ2n) is 4.13. The molecule has 0 saturated carbocycles. The van der Waals surface area contributed by atoms with Crippen LogP contribution in [0.15, 0.2) is 0 Å². The molecule has 0 rings (SSSR count). The average Bonchev–Trinajstić information content (AvgIpc) is 2.18. The van der Waals surface area contributed by atoms with Crippen molar-refractivity contribution in [3.8, 4) is 0 Å². The number of hydrogen-bond acceptors (Lipinski definition) is 4. The van der Waals surface area contributed by atoms with Gasteiger partial charge in [-0.05, 0) is 46.5 Å². The Balaban J connectivity index is 3.83. The first-order valence-electron chi connectivity index (χ1n) is 6.15. The van der Waals surface area contributed by atoms with E-state index in [0.29, 0.717) is 0 Å². The summed E-state index contributed by atoms with van der Waals surface area (Å²) in [5.41, 5.74) is 0. The molecular formula is C11H27NO3Si. The smallest absolute Gasteiger partial charge is 0.334 e. The largest absolute Gasteiger partial charge is 0.395 e. The molecule has 1 N–H and O–H groups in total. The first-order valence-corrected chi connectivity index (χ1v) is 8.67. The fraction of sp³-hybridized carbons (Fsp3) is 1.00. The first kappa shape index (κ1) is 16.1. The molecule has 0 spiro atoms. The Morgan fingerprint density at radius 2 is 1.69 bits per heavy atom. The molecule has 0 fully saturated rings. The van der Waals surface area contributed by atoms with Crippen molar-refractivity contribution in [3.05, 3.63) is 0 Å². The summed E-state index contributed by atoms with van der Waals surface area (Å²) in [5.74, 6) is 0. The molecule has 0 radical (unpaired) electrons. The van der Waals surface area contributed by atoms with E-state index in [9.17, 15) is 0 Å². The van der Waals surface area contributed by atoms with Gasteiger partial charge in [-0.3, -0.25) is 0 Å². The Morgan fingerprint density at radius 3 is 2.12 bits per heavy atom. The zero-order valence-corrected chi connectivity index (χ0v) is 12.2. The predicted octanol–water partition coefficient (Wildman–Crippen LogP) is 1.45. The highest BCUT2D eigenvalue weighted by Crippen LogP contribution is 2.15. The number of nitrogens with zero attached hydrogens (tertiary/aromatic N) is 1. The number of aliphatic hydroxyl groups excluding tert-OH is 1. The van der Waals surface area contributed by atoms with Gasteiger partial charge in [-0.15, -0.1) is 0 Å². The Labute approximate surface area is 101 Å². The molecule has 4 nitrogen and oxygen atoms in total. The summed E-state index contributed by atoms with van der Waals surface area (Å²) in [6.07, 6.45) is 1.07. The molecule has 0 aliphatic rings. The fourth-order valence-corrected chi connectivity index (χ4v) is 4.14. The maximum absolute atomic E-state index is 8.78. The highest BCUT2D eigenvalue weighted by atomic mass is 28.4. The molecule has 5 heteroatoms. The summed E-state index contributed by atoms with van der Waals surface area (Å²) in [6, 6.07) is 1.02. The number of rotatable bonds is 10. The van der Waals surface area contributed by atoms with E-state index in [1.807, 2.05) is 20.9 Å².